The van der Waals surface area contributed by atoms with Gasteiger partial charge < -0.3 is 15.4 Å². The SMILES string of the molecule is Nc1ccc(N2CCCCC2)c(OCc2ccc(Cl)c(Cl)c2)c1. The summed E-state index contributed by atoms with van der Waals surface area (Å²) in [6.45, 7) is 2.56. The fourth-order valence-corrected chi connectivity index (χ4v) is 3.15. The molecule has 1 saturated heterocycles. The summed E-state index contributed by atoms with van der Waals surface area (Å²) < 4.78 is 6.03. The lowest BCUT2D eigenvalue weighted by molar-refractivity contribution is 0.306. The van der Waals surface area contributed by atoms with E-state index >= 15 is 0 Å². The Bertz CT molecular complexity index is 685. The molecule has 3 rings (SSSR count). The first kappa shape index (κ1) is 16.3. The van der Waals surface area contributed by atoms with Gasteiger partial charge in [0.2, 0.25) is 0 Å². The third kappa shape index (κ3) is 4.04. The molecule has 3 nitrogen and oxygen atoms in total. The van der Waals surface area contributed by atoms with E-state index in [9.17, 15) is 0 Å². The van der Waals surface area contributed by atoms with Gasteiger partial charge in [-0.1, -0.05) is 29.3 Å². The van der Waals surface area contributed by atoms with E-state index in [1.165, 1.54) is 19.3 Å². The number of anilines is 2. The van der Waals surface area contributed by atoms with Crippen LogP contribution in [0.3, 0.4) is 0 Å². The van der Waals surface area contributed by atoms with E-state index in [1.807, 2.05) is 30.3 Å². The van der Waals surface area contributed by atoms with Gasteiger partial charge in [0, 0.05) is 24.8 Å². The number of hydrogen-bond acceptors (Lipinski definition) is 3. The molecule has 2 N–H and O–H groups in total. The Morgan fingerprint density at radius 1 is 0.957 bits per heavy atom. The van der Waals surface area contributed by atoms with Gasteiger partial charge in [-0.05, 0) is 49.1 Å². The molecule has 2 aromatic rings. The maximum Gasteiger partial charge on any atom is 0.145 e. The molecule has 122 valence electrons. The molecule has 0 radical (unpaired) electrons. The smallest absolute Gasteiger partial charge is 0.145 e. The second kappa shape index (κ2) is 7.33. The van der Waals surface area contributed by atoms with E-state index in [-0.39, 0.29) is 0 Å². The van der Waals surface area contributed by atoms with E-state index in [0.29, 0.717) is 22.3 Å². The molecule has 1 aliphatic rings. The van der Waals surface area contributed by atoms with Gasteiger partial charge in [-0.25, -0.2) is 0 Å². The molecule has 0 aromatic heterocycles. The van der Waals surface area contributed by atoms with Crippen LogP contribution in [0.15, 0.2) is 36.4 Å². The number of halogens is 2. The summed E-state index contributed by atoms with van der Waals surface area (Å²) in [5.74, 6) is 0.818. The van der Waals surface area contributed by atoms with Crippen molar-refractivity contribution < 1.29 is 4.74 Å². The van der Waals surface area contributed by atoms with Crippen molar-refractivity contribution in [1.82, 2.24) is 0 Å². The molecular weight excluding hydrogens is 331 g/mol. The highest BCUT2D eigenvalue weighted by molar-refractivity contribution is 6.42. The molecule has 1 aliphatic heterocycles. The Labute approximate surface area is 146 Å². The normalized spacial score (nSPS) is 14.8. The molecule has 1 fully saturated rings. The van der Waals surface area contributed by atoms with Crippen molar-refractivity contribution in [2.24, 2.45) is 0 Å². The molecule has 23 heavy (non-hydrogen) atoms. The van der Waals surface area contributed by atoms with Crippen LogP contribution in [0.4, 0.5) is 11.4 Å². The molecule has 0 saturated carbocycles. The molecule has 2 aromatic carbocycles. The van der Waals surface area contributed by atoms with Crippen molar-refractivity contribution in [2.45, 2.75) is 25.9 Å². The second-order valence-corrected chi connectivity index (χ2v) is 6.63. The van der Waals surface area contributed by atoms with Crippen LogP contribution in [0.5, 0.6) is 5.75 Å². The summed E-state index contributed by atoms with van der Waals surface area (Å²) in [6, 6.07) is 11.4. The van der Waals surface area contributed by atoms with Crippen LogP contribution >= 0.6 is 23.2 Å². The minimum absolute atomic E-state index is 0.432. The number of piperidine rings is 1. The van der Waals surface area contributed by atoms with Crippen LogP contribution in [-0.4, -0.2) is 13.1 Å². The van der Waals surface area contributed by atoms with E-state index in [2.05, 4.69) is 4.90 Å². The van der Waals surface area contributed by atoms with Gasteiger partial charge in [0.25, 0.3) is 0 Å². The zero-order chi connectivity index (χ0) is 16.2. The Morgan fingerprint density at radius 3 is 2.48 bits per heavy atom. The van der Waals surface area contributed by atoms with Crippen molar-refractivity contribution >= 4 is 34.6 Å². The first-order valence-corrected chi connectivity index (χ1v) is 8.60. The van der Waals surface area contributed by atoms with E-state index in [0.717, 1.165) is 30.1 Å². The average molecular weight is 351 g/mol. The lowest BCUT2D eigenvalue weighted by atomic mass is 10.1. The number of nitrogens with zero attached hydrogens (tertiary/aromatic N) is 1. The van der Waals surface area contributed by atoms with Gasteiger partial charge in [-0.2, -0.15) is 0 Å². The molecule has 1 heterocycles. The number of nitrogens with two attached hydrogens (primary N) is 1. The van der Waals surface area contributed by atoms with Crippen LogP contribution in [0.2, 0.25) is 10.0 Å². The topological polar surface area (TPSA) is 38.5 Å². The van der Waals surface area contributed by atoms with Gasteiger partial charge in [-0.3, -0.25) is 0 Å². The number of hydrogen-bond donors (Lipinski definition) is 1. The molecule has 5 heteroatoms. The zero-order valence-corrected chi connectivity index (χ0v) is 14.4. The van der Waals surface area contributed by atoms with Crippen LogP contribution in [0, 0.1) is 0 Å². The van der Waals surface area contributed by atoms with Gasteiger partial charge >= 0.3 is 0 Å². The fourth-order valence-electron chi connectivity index (χ4n) is 2.83. The Morgan fingerprint density at radius 2 is 1.74 bits per heavy atom. The van der Waals surface area contributed by atoms with Crippen molar-refractivity contribution in [3.63, 3.8) is 0 Å². The molecule has 0 unspecified atom stereocenters. The molecule has 0 atom stereocenters. The molecule has 0 bridgehead atoms. The molecule has 0 amide bonds. The summed E-state index contributed by atoms with van der Waals surface area (Å²) in [5.41, 5.74) is 8.72. The van der Waals surface area contributed by atoms with Crippen molar-refractivity contribution in [2.75, 3.05) is 23.7 Å². The highest BCUT2D eigenvalue weighted by atomic mass is 35.5. The Balaban J connectivity index is 1.78. The second-order valence-electron chi connectivity index (χ2n) is 5.81. The van der Waals surface area contributed by atoms with Gasteiger partial charge in [0.15, 0.2) is 0 Å². The van der Waals surface area contributed by atoms with E-state index in [4.69, 9.17) is 33.7 Å². The standard InChI is InChI=1S/C18H20Cl2N2O/c19-15-6-4-13(10-16(15)20)12-23-18-11-14(21)5-7-17(18)22-8-2-1-3-9-22/h4-7,10-11H,1-3,8-9,12,21H2. The lowest BCUT2D eigenvalue weighted by Crippen LogP contribution is -2.29. The maximum atomic E-state index is 6.06. The molecular formula is C18H20Cl2N2O. The largest absolute Gasteiger partial charge is 0.487 e. The molecule has 0 aliphatic carbocycles. The van der Waals surface area contributed by atoms with Crippen LogP contribution < -0.4 is 15.4 Å². The number of nitrogen functional groups attached to an aromatic ring is 1. The van der Waals surface area contributed by atoms with Crippen molar-refractivity contribution in [3.8, 4) is 5.75 Å². The number of ether oxygens (including phenoxy) is 1. The highest BCUT2D eigenvalue weighted by Crippen LogP contribution is 2.33. The predicted molar refractivity (Wildman–Crippen MR) is 97.7 cm³/mol. The minimum atomic E-state index is 0.432. The van der Waals surface area contributed by atoms with Gasteiger partial charge in [0.05, 0.1) is 15.7 Å². The molecule has 0 spiro atoms. The first-order valence-electron chi connectivity index (χ1n) is 7.85. The zero-order valence-electron chi connectivity index (χ0n) is 12.9. The van der Waals surface area contributed by atoms with Crippen molar-refractivity contribution in [1.29, 1.82) is 0 Å². The maximum absolute atomic E-state index is 6.06. The summed E-state index contributed by atoms with van der Waals surface area (Å²) in [7, 11) is 0. The van der Waals surface area contributed by atoms with Crippen LogP contribution in [0.1, 0.15) is 24.8 Å². The third-order valence-electron chi connectivity index (χ3n) is 4.06. The monoisotopic (exact) mass is 350 g/mol. The summed E-state index contributed by atoms with van der Waals surface area (Å²) >= 11 is 12.0. The van der Waals surface area contributed by atoms with Crippen LogP contribution in [-0.2, 0) is 6.61 Å². The summed E-state index contributed by atoms with van der Waals surface area (Å²) in [5, 5.41) is 1.09. The van der Waals surface area contributed by atoms with Crippen molar-refractivity contribution in [3.05, 3.63) is 52.0 Å². The third-order valence-corrected chi connectivity index (χ3v) is 4.80. The van der Waals surface area contributed by atoms with Gasteiger partial charge in [0.1, 0.15) is 12.4 Å². The van der Waals surface area contributed by atoms with Crippen LogP contribution in [0.25, 0.3) is 0 Å². The first-order chi connectivity index (χ1) is 11.1. The Hall–Kier alpha value is -1.58. The predicted octanol–water partition coefficient (Wildman–Crippen LogP) is 5.14. The van der Waals surface area contributed by atoms with E-state index < -0.39 is 0 Å². The summed E-state index contributed by atoms with van der Waals surface area (Å²) in [4.78, 5) is 2.37. The fraction of sp³-hybridized carbons (Fsp3) is 0.333. The number of rotatable bonds is 4. The quantitative estimate of drug-likeness (QED) is 0.775. The number of benzene rings is 2. The lowest BCUT2D eigenvalue weighted by Gasteiger charge is -2.30. The highest BCUT2D eigenvalue weighted by Gasteiger charge is 2.16. The minimum Gasteiger partial charge on any atom is -0.487 e. The average Bonchev–Trinajstić information content (AvgIpc) is 2.57. The van der Waals surface area contributed by atoms with E-state index in [1.54, 1.807) is 6.07 Å². The Kier molecular flexibility index (Phi) is 5.19. The summed E-state index contributed by atoms with van der Waals surface area (Å²) in [6.07, 6.45) is 3.73. The van der Waals surface area contributed by atoms with Gasteiger partial charge in [-0.15, -0.1) is 0 Å².